The van der Waals surface area contributed by atoms with Crippen LogP contribution in [0.3, 0.4) is 0 Å². The van der Waals surface area contributed by atoms with Crippen LogP contribution in [-0.4, -0.2) is 45.2 Å². The van der Waals surface area contributed by atoms with E-state index in [4.69, 9.17) is 4.98 Å². The van der Waals surface area contributed by atoms with Gasteiger partial charge in [0.1, 0.15) is 5.54 Å². The van der Waals surface area contributed by atoms with Crippen molar-refractivity contribution in [3.63, 3.8) is 0 Å². The van der Waals surface area contributed by atoms with E-state index in [1.54, 1.807) is 7.05 Å². The molecule has 2 aromatic carbocycles. The Balaban J connectivity index is 1.47. The van der Waals surface area contributed by atoms with Gasteiger partial charge in [0.25, 0.3) is 5.91 Å². The number of aromatic nitrogens is 1. The molecule has 0 radical (unpaired) electrons. The van der Waals surface area contributed by atoms with Gasteiger partial charge in [0.2, 0.25) is 5.91 Å². The maximum Gasteiger partial charge on any atom is 0.324 e. The molecule has 36 heavy (non-hydrogen) atoms. The SMILES string of the molecule is CC(c1ccccc1)N(Cc1cnc2cc3c(cc2c1)CC1(C3)C(=O)NC(=O)N1C)C(=O)C(C)(C)C. The van der Waals surface area contributed by atoms with Crippen LogP contribution in [0.4, 0.5) is 4.79 Å². The summed E-state index contributed by atoms with van der Waals surface area (Å²) in [6.07, 6.45) is 2.80. The molecule has 1 aliphatic heterocycles. The summed E-state index contributed by atoms with van der Waals surface area (Å²) in [6, 6.07) is 15.8. The van der Waals surface area contributed by atoms with E-state index in [1.165, 1.54) is 4.90 Å². The number of benzene rings is 2. The van der Waals surface area contributed by atoms with Crippen molar-refractivity contribution >= 4 is 28.7 Å². The minimum Gasteiger partial charge on any atom is -0.331 e. The quantitative estimate of drug-likeness (QED) is 0.557. The molecule has 2 unspecified atom stereocenters. The first kappa shape index (κ1) is 24.0. The molecule has 186 valence electrons. The number of hydrogen-bond acceptors (Lipinski definition) is 4. The van der Waals surface area contributed by atoms with E-state index in [0.29, 0.717) is 19.4 Å². The molecular weight excluding hydrogens is 452 g/mol. The third kappa shape index (κ3) is 3.92. The van der Waals surface area contributed by atoms with Crippen molar-refractivity contribution < 1.29 is 14.4 Å². The summed E-state index contributed by atoms with van der Waals surface area (Å²) in [7, 11) is 1.68. The summed E-state index contributed by atoms with van der Waals surface area (Å²) in [5, 5.41) is 3.41. The lowest BCUT2D eigenvalue weighted by atomic mass is 9.92. The van der Waals surface area contributed by atoms with Crippen LogP contribution in [0, 0.1) is 5.41 Å². The number of amides is 4. The van der Waals surface area contributed by atoms with Gasteiger partial charge in [-0.3, -0.25) is 19.9 Å². The predicted molar refractivity (Wildman–Crippen MR) is 138 cm³/mol. The molecule has 0 bridgehead atoms. The number of fused-ring (bicyclic) bond motifs is 2. The van der Waals surface area contributed by atoms with Gasteiger partial charge in [-0.15, -0.1) is 0 Å². The fraction of sp³-hybridized carbons (Fsp3) is 0.379. The maximum absolute atomic E-state index is 13.5. The van der Waals surface area contributed by atoms with Crippen LogP contribution in [0.2, 0.25) is 0 Å². The molecule has 1 spiro atoms. The van der Waals surface area contributed by atoms with Gasteiger partial charge in [0.15, 0.2) is 0 Å². The second-order valence-electron chi connectivity index (χ2n) is 11.1. The van der Waals surface area contributed by atoms with Gasteiger partial charge < -0.3 is 9.80 Å². The lowest BCUT2D eigenvalue weighted by Gasteiger charge is -2.34. The van der Waals surface area contributed by atoms with E-state index >= 15 is 0 Å². The van der Waals surface area contributed by atoms with Crippen molar-refractivity contribution in [1.82, 2.24) is 20.1 Å². The van der Waals surface area contributed by atoms with E-state index in [0.717, 1.165) is 33.2 Å². The van der Waals surface area contributed by atoms with E-state index in [9.17, 15) is 14.4 Å². The van der Waals surface area contributed by atoms with Gasteiger partial charge in [0, 0.05) is 43.4 Å². The summed E-state index contributed by atoms with van der Waals surface area (Å²) in [5.41, 5.74) is 3.59. The van der Waals surface area contributed by atoms with E-state index in [2.05, 4.69) is 24.4 Å². The molecule has 4 amide bonds. The maximum atomic E-state index is 13.5. The average Bonchev–Trinajstić information content (AvgIpc) is 3.32. The van der Waals surface area contributed by atoms with Gasteiger partial charge in [-0.1, -0.05) is 51.1 Å². The summed E-state index contributed by atoms with van der Waals surface area (Å²) >= 11 is 0. The number of likely N-dealkylation sites (N-methyl/N-ethyl adjacent to an activating group) is 1. The number of rotatable bonds is 4. The second kappa shape index (κ2) is 8.43. The van der Waals surface area contributed by atoms with Gasteiger partial charge >= 0.3 is 6.03 Å². The number of nitrogens with one attached hydrogen (secondary N) is 1. The van der Waals surface area contributed by atoms with Crippen LogP contribution in [0.5, 0.6) is 0 Å². The Morgan fingerprint density at radius 3 is 2.39 bits per heavy atom. The minimum absolute atomic E-state index is 0.0785. The molecular formula is C29H32N4O3. The molecule has 1 aromatic heterocycles. The van der Waals surface area contributed by atoms with Crippen LogP contribution in [0.1, 0.15) is 56.0 Å². The van der Waals surface area contributed by atoms with Crippen LogP contribution in [0.25, 0.3) is 10.9 Å². The lowest BCUT2D eigenvalue weighted by Crippen LogP contribution is -2.48. The van der Waals surface area contributed by atoms with Gasteiger partial charge in [-0.05, 0) is 47.4 Å². The second-order valence-corrected chi connectivity index (χ2v) is 11.1. The number of carbonyl (C=O) groups is 3. The molecule has 0 saturated carbocycles. The third-order valence-electron chi connectivity index (χ3n) is 7.62. The van der Waals surface area contributed by atoms with Crippen molar-refractivity contribution in [3.8, 4) is 0 Å². The van der Waals surface area contributed by atoms with E-state index in [-0.39, 0.29) is 23.9 Å². The number of hydrogen-bond donors (Lipinski definition) is 1. The molecule has 5 rings (SSSR count). The van der Waals surface area contributed by atoms with Crippen LogP contribution in [0.15, 0.2) is 54.7 Å². The highest BCUT2D eigenvalue weighted by molar-refractivity contribution is 6.08. The largest absolute Gasteiger partial charge is 0.331 e. The normalized spacial score (nSPS) is 20.1. The van der Waals surface area contributed by atoms with Crippen molar-refractivity contribution in [2.24, 2.45) is 5.41 Å². The summed E-state index contributed by atoms with van der Waals surface area (Å²) in [6.45, 7) is 8.33. The molecule has 3 aromatic rings. The van der Waals surface area contributed by atoms with E-state index in [1.807, 2.05) is 68.3 Å². The summed E-state index contributed by atoms with van der Waals surface area (Å²) in [5.74, 6) is -0.162. The standard InChI is InChI=1S/C29H32N4O3/c1-18(20-9-7-6-8-10-20)33(26(35)28(2,3)4)17-19-11-21-12-22-14-29(25(34)31-27(36)32(29)5)15-23(22)13-24(21)30-16-19/h6-13,16,18H,14-15,17H2,1-5H3,(H,31,34,36). The molecule has 1 aliphatic carbocycles. The number of nitrogens with zero attached hydrogens (tertiary/aromatic N) is 3. The molecule has 1 fully saturated rings. The molecule has 2 atom stereocenters. The monoisotopic (exact) mass is 484 g/mol. The number of urea groups is 1. The predicted octanol–water partition coefficient (Wildman–Crippen LogP) is 4.39. The Hall–Kier alpha value is -3.74. The van der Waals surface area contributed by atoms with Crippen molar-refractivity contribution in [1.29, 1.82) is 0 Å². The summed E-state index contributed by atoms with van der Waals surface area (Å²) in [4.78, 5) is 46.4. The molecule has 2 aliphatic rings. The highest BCUT2D eigenvalue weighted by Crippen LogP contribution is 2.39. The lowest BCUT2D eigenvalue weighted by molar-refractivity contribution is -0.142. The number of pyridine rings is 1. The molecule has 2 heterocycles. The smallest absolute Gasteiger partial charge is 0.324 e. The Labute approximate surface area is 211 Å². The van der Waals surface area contributed by atoms with Gasteiger partial charge in [-0.25, -0.2) is 4.79 Å². The van der Waals surface area contributed by atoms with E-state index < -0.39 is 11.0 Å². The zero-order valence-corrected chi connectivity index (χ0v) is 21.5. The van der Waals surface area contributed by atoms with Gasteiger partial charge in [-0.2, -0.15) is 0 Å². The first-order chi connectivity index (χ1) is 17.0. The first-order valence-corrected chi connectivity index (χ1v) is 12.4. The Kier molecular flexibility index (Phi) is 5.62. The van der Waals surface area contributed by atoms with Crippen LogP contribution in [-0.2, 0) is 29.0 Å². The minimum atomic E-state index is -0.860. The Morgan fingerprint density at radius 1 is 1.11 bits per heavy atom. The zero-order chi connectivity index (χ0) is 25.8. The van der Waals surface area contributed by atoms with Gasteiger partial charge in [0.05, 0.1) is 11.6 Å². The highest BCUT2D eigenvalue weighted by Gasteiger charge is 2.54. The highest BCUT2D eigenvalue weighted by atomic mass is 16.2. The Morgan fingerprint density at radius 2 is 1.78 bits per heavy atom. The van der Waals surface area contributed by atoms with Crippen molar-refractivity contribution in [2.75, 3.05) is 7.05 Å². The summed E-state index contributed by atoms with van der Waals surface area (Å²) < 4.78 is 0. The first-order valence-electron chi connectivity index (χ1n) is 12.4. The fourth-order valence-electron chi connectivity index (χ4n) is 5.39. The Bertz CT molecular complexity index is 1380. The zero-order valence-electron chi connectivity index (χ0n) is 21.5. The topological polar surface area (TPSA) is 82.6 Å². The fourth-order valence-corrected chi connectivity index (χ4v) is 5.39. The molecule has 1 N–H and O–H groups in total. The van der Waals surface area contributed by atoms with Crippen LogP contribution < -0.4 is 5.32 Å². The average molecular weight is 485 g/mol. The van der Waals surface area contributed by atoms with Crippen molar-refractivity contribution in [2.45, 2.75) is 58.7 Å². The third-order valence-corrected chi connectivity index (χ3v) is 7.62. The molecule has 1 saturated heterocycles. The van der Waals surface area contributed by atoms with Crippen molar-refractivity contribution in [3.05, 3.63) is 77.0 Å². The molecule has 7 nitrogen and oxygen atoms in total. The number of imide groups is 1. The molecule has 7 heteroatoms. The number of carbonyl (C=O) groups excluding carboxylic acids is 3. The van der Waals surface area contributed by atoms with Crippen LogP contribution >= 0.6 is 0 Å².